The first-order valence-electron chi connectivity index (χ1n) is 26.0. The summed E-state index contributed by atoms with van der Waals surface area (Å²) in [7, 11) is -0.327. The molecule has 0 aliphatic carbocycles. The molecule has 5 aromatic carbocycles. The number of fused-ring (bicyclic) bond motifs is 2. The summed E-state index contributed by atoms with van der Waals surface area (Å²) in [6.07, 6.45) is 2.25. The summed E-state index contributed by atoms with van der Waals surface area (Å²) in [6, 6.07) is 36.3. The smallest absolute Gasteiger partial charge is 0.399 e. The van der Waals surface area contributed by atoms with Crippen molar-refractivity contribution < 1.29 is 32.0 Å². The first-order chi connectivity index (χ1) is 39.4. The van der Waals surface area contributed by atoms with Crippen molar-refractivity contribution in [1.29, 1.82) is 10.5 Å². The molecule has 25 heteroatoms. The number of alkyl halides is 2. The van der Waals surface area contributed by atoms with Crippen molar-refractivity contribution in [3.05, 3.63) is 162 Å². The Morgan fingerprint density at radius 1 is 0.671 bits per heavy atom. The number of aromatic nitrogens is 7. The zero-order valence-electron chi connectivity index (χ0n) is 44.9. The number of nitriles is 2. The molecule has 16 nitrogen and oxygen atoms in total. The van der Waals surface area contributed by atoms with E-state index in [4.69, 9.17) is 24.5 Å². The first-order valence-corrected chi connectivity index (χ1v) is 28.9. The maximum absolute atomic E-state index is 16.1. The minimum atomic E-state index is -4.15. The molecule has 3 fully saturated rings. The summed E-state index contributed by atoms with van der Waals surface area (Å²) < 4.78 is 75.9. The summed E-state index contributed by atoms with van der Waals surface area (Å²) >= 11 is 4.89. The molecule has 416 valence electrons. The molecule has 82 heavy (non-hydrogen) atoms. The van der Waals surface area contributed by atoms with Gasteiger partial charge in [0.1, 0.15) is 23.7 Å². The average molecular weight is 1260 g/mol. The largest absolute Gasteiger partial charge is 0.494 e. The van der Waals surface area contributed by atoms with Crippen molar-refractivity contribution in [2.45, 2.75) is 57.0 Å². The summed E-state index contributed by atoms with van der Waals surface area (Å²) in [6.45, 7) is 14.2. The van der Waals surface area contributed by atoms with Crippen LogP contribution in [0.1, 0.15) is 50.1 Å². The van der Waals surface area contributed by atoms with Gasteiger partial charge in [-0.3, -0.25) is 4.98 Å². The van der Waals surface area contributed by atoms with Crippen LogP contribution in [0.4, 0.5) is 39.2 Å². The molecule has 0 amide bonds. The Bertz CT molecular complexity index is 3760. The summed E-state index contributed by atoms with van der Waals surface area (Å²) in [4.78, 5) is 22.7. The molecule has 7 heterocycles. The molecule has 3 saturated heterocycles. The number of nitrogens with zero attached hydrogens (tertiary/aromatic N) is 13. The highest BCUT2D eigenvalue weighted by Gasteiger charge is 2.58. The highest BCUT2D eigenvalue weighted by Crippen LogP contribution is 2.47. The Labute approximate surface area is 494 Å². The van der Waals surface area contributed by atoms with Crippen molar-refractivity contribution in [3.8, 4) is 23.3 Å². The van der Waals surface area contributed by atoms with Crippen LogP contribution in [0.25, 0.3) is 31.6 Å². The molecule has 3 aliphatic heterocycles. The summed E-state index contributed by atoms with van der Waals surface area (Å²) in [5, 5.41) is 42.0. The normalized spacial score (nSPS) is 16.7. The van der Waals surface area contributed by atoms with Gasteiger partial charge in [-0.15, -0.1) is 5.10 Å². The maximum Gasteiger partial charge on any atom is 0.494 e. The lowest BCUT2D eigenvalue weighted by Gasteiger charge is -2.36. The fourth-order valence-electron chi connectivity index (χ4n) is 9.86. The van der Waals surface area contributed by atoms with Crippen LogP contribution in [0.2, 0.25) is 0 Å². The number of anilines is 4. The second-order valence-electron chi connectivity index (χ2n) is 20.8. The Morgan fingerprint density at radius 2 is 1.17 bits per heavy atom. The van der Waals surface area contributed by atoms with Crippen LogP contribution in [0.5, 0.6) is 0 Å². The van der Waals surface area contributed by atoms with Crippen molar-refractivity contribution in [1.82, 2.24) is 35.2 Å². The molecule has 4 aromatic heterocycles. The molecular formula is C57H52B2F4IN13O3S2. The molecular weight excluding hydrogens is 1200 g/mol. The SMILES string of the molecule is CC1(C)OB(c2ccc(N3CCN(c4nc5ccc(C#N)cc5s4)CC3)cc2)OC1(C)C.N#Cc1ccc2nc(N3CCN(c4ccc(-c5ccc(C(F)(F)[C@](O)(Cn6cnnn6)c6ccc(F)cc6F)nc5)cc4)CC3)sc2c1.[B]I. The van der Waals surface area contributed by atoms with E-state index in [-0.39, 0.29) is 18.3 Å². The van der Waals surface area contributed by atoms with Crippen molar-refractivity contribution in [2.75, 3.05) is 72.0 Å². The van der Waals surface area contributed by atoms with E-state index in [1.54, 1.807) is 51.1 Å². The van der Waals surface area contributed by atoms with Crippen LogP contribution >= 0.6 is 45.0 Å². The zero-order valence-corrected chi connectivity index (χ0v) is 48.7. The Kier molecular flexibility index (Phi) is 16.9. The van der Waals surface area contributed by atoms with Gasteiger partial charge in [-0.05, 0) is 128 Å². The van der Waals surface area contributed by atoms with Gasteiger partial charge in [0, 0.05) is 87.1 Å². The van der Waals surface area contributed by atoms with E-state index >= 15 is 8.78 Å². The molecule has 3 aliphatic rings. The van der Waals surface area contributed by atoms with Gasteiger partial charge in [-0.25, -0.2) is 23.4 Å². The van der Waals surface area contributed by atoms with Crippen molar-refractivity contribution in [2.24, 2.45) is 0 Å². The van der Waals surface area contributed by atoms with E-state index < -0.39 is 41.0 Å². The lowest BCUT2D eigenvalue weighted by Crippen LogP contribution is -2.48. The van der Waals surface area contributed by atoms with E-state index in [2.05, 4.69) is 110 Å². The van der Waals surface area contributed by atoms with E-state index in [1.165, 1.54) is 18.0 Å². The Hall–Kier alpha value is -7.26. The maximum atomic E-state index is 16.1. The second kappa shape index (κ2) is 23.9. The minimum absolute atomic E-state index is 0.327. The number of halogens is 5. The lowest BCUT2D eigenvalue weighted by molar-refractivity contribution is -0.207. The van der Waals surface area contributed by atoms with Gasteiger partial charge in [0.15, 0.2) is 21.6 Å². The fourth-order valence-corrected chi connectivity index (χ4v) is 12.0. The summed E-state index contributed by atoms with van der Waals surface area (Å²) in [5.41, 5.74) is 6.64. The molecule has 1 N–H and O–H groups in total. The number of benzene rings is 5. The molecule has 12 rings (SSSR count). The van der Waals surface area contributed by atoms with Gasteiger partial charge in [-0.1, -0.05) is 53.0 Å². The third-order valence-corrected chi connectivity index (χ3v) is 17.4. The molecule has 1 atom stereocenters. The second-order valence-corrected chi connectivity index (χ2v) is 22.8. The molecule has 0 unspecified atom stereocenters. The van der Waals surface area contributed by atoms with Crippen molar-refractivity contribution >= 4 is 105 Å². The fraction of sp³-hybridized carbons (Fsp3) is 0.298. The number of thiazole rings is 2. The van der Waals surface area contributed by atoms with E-state index in [0.29, 0.717) is 22.8 Å². The average Bonchev–Trinajstić information content (AvgIpc) is 4.29. The number of rotatable bonds is 11. The zero-order chi connectivity index (χ0) is 58.0. The molecule has 0 bridgehead atoms. The van der Waals surface area contributed by atoms with Gasteiger partial charge in [0.25, 0.3) is 0 Å². The minimum Gasteiger partial charge on any atom is -0.399 e. The number of tetrazole rings is 1. The van der Waals surface area contributed by atoms with Gasteiger partial charge in [0.05, 0.1) is 61.4 Å². The molecule has 9 aromatic rings. The number of pyridine rings is 1. The topological polar surface area (TPSA) is 181 Å². The van der Waals surface area contributed by atoms with E-state index in [1.807, 2.05) is 54.6 Å². The first kappa shape index (κ1) is 58.0. The van der Waals surface area contributed by atoms with Crippen LogP contribution in [0.3, 0.4) is 0 Å². The van der Waals surface area contributed by atoms with Crippen LogP contribution in [0, 0.1) is 34.3 Å². The van der Waals surface area contributed by atoms with Crippen molar-refractivity contribution in [3.63, 3.8) is 0 Å². The van der Waals surface area contributed by atoms with E-state index in [9.17, 15) is 19.1 Å². The van der Waals surface area contributed by atoms with Gasteiger partial charge in [-0.2, -0.15) is 41.7 Å². The standard InChI is InChI=1S/C33H25F4N9OS.C24H27BN4O2S.BI/c34-24-5-8-26(27(35)16-24)32(47,19-46-20-40-42-43-46)33(36,37)30-10-4-23(18-39-30)22-2-6-25(7-3-22)44-11-13-45(14-12-44)31-41-28-9-1-21(17-38)15-29(28)48-31;1-23(2)24(3,4)31-25(30-23)18-6-8-19(9-7-18)28-11-13-29(14-12-28)22-27-20-10-5-17(16-26)15-21(20)32-22;1-2/h1-10,15-16,18,20,47H,11-14,19H2;5-10,15H,11-14H2,1-4H3;/t32-;;/m0../s1. The third kappa shape index (κ3) is 11.9. The van der Waals surface area contributed by atoms with Gasteiger partial charge >= 0.3 is 13.0 Å². The number of aliphatic hydroxyl groups is 1. The molecule has 0 spiro atoms. The Balaban J connectivity index is 0.000000192. The number of hydrogen-bond acceptors (Lipinski definition) is 17. The predicted molar refractivity (Wildman–Crippen MR) is 321 cm³/mol. The van der Waals surface area contributed by atoms with Crippen LogP contribution in [-0.2, 0) is 27.4 Å². The Morgan fingerprint density at radius 3 is 1.63 bits per heavy atom. The van der Waals surface area contributed by atoms with Crippen LogP contribution in [0.15, 0.2) is 128 Å². The van der Waals surface area contributed by atoms with Crippen LogP contribution < -0.4 is 25.1 Å². The molecule has 0 saturated carbocycles. The monoisotopic (exact) mass is 1260 g/mol. The quantitative estimate of drug-likeness (QED) is 0.0734. The lowest BCUT2D eigenvalue weighted by atomic mass is 9.79. The van der Waals surface area contributed by atoms with Crippen LogP contribution in [-0.4, -0.2) is 117 Å². The number of piperazine rings is 2. The number of hydrogen-bond donors (Lipinski definition) is 1. The third-order valence-electron chi connectivity index (χ3n) is 15.2. The highest BCUT2D eigenvalue weighted by molar-refractivity contribution is 14.1. The van der Waals surface area contributed by atoms with E-state index in [0.717, 1.165) is 129 Å². The molecule has 2 radical (unpaired) electrons. The van der Waals surface area contributed by atoms with Gasteiger partial charge in [0.2, 0.25) is 0 Å². The highest BCUT2D eigenvalue weighted by atomic mass is 127. The van der Waals surface area contributed by atoms with Gasteiger partial charge < -0.3 is 34.0 Å². The summed E-state index contributed by atoms with van der Waals surface area (Å²) in [5.74, 6) is -6.48. The predicted octanol–water partition coefficient (Wildman–Crippen LogP) is 9.80.